The zero-order chi connectivity index (χ0) is 16.2. The Kier molecular flexibility index (Phi) is 5.46. The summed E-state index contributed by atoms with van der Waals surface area (Å²) in [5.41, 5.74) is 7.60. The average Bonchev–Trinajstić information content (AvgIpc) is 2.48. The third-order valence-corrected chi connectivity index (χ3v) is 4.22. The fourth-order valence-electron chi connectivity index (χ4n) is 2.84. The van der Waals surface area contributed by atoms with Crippen LogP contribution < -0.4 is 5.73 Å². The summed E-state index contributed by atoms with van der Waals surface area (Å²) in [7, 11) is 0. The van der Waals surface area contributed by atoms with E-state index < -0.39 is 0 Å². The van der Waals surface area contributed by atoms with Gasteiger partial charge in [0.1, 0.15) is 0 Å². The predicted octanol–water partition coefficient (Wildman–Crippen LogP) is 2.39. The Bertz CT molecular complexity index is 482. The molecule has 1 saturated heterocycles. The lowest BCUT2D eigenvalue weighted by atomic mass is 9.94. The molecule has 4 nitrogen and oxygen atoms in total. The standard InChI is InChI=1S/C18H29N3O/c1-18(2,3)17(22)21-13-11-20(12-14-21)10-4-5-15-6-8-16(19)9-7-15/h6-9H,4-5,10-14,19H2,1-3H3. The fourth-order valence-corrected chi connectivity index (χ4v) is 2.84. The minimum Gasteiger partial charge on any atom is -0.399 e. The van der Waals surface area contributed by atoms with Gasteiger partial charge in [-0.05, 0) is 37.1 Å². The van der Waals surface area contributed by atoms with Crippen molar-refractivity contribution in [3.8, 4) is 0 Å². The minimum absolute atomic E-state index is 0.267. The molecule has 1 heterocycles. The second kappa shape index (κ2) is 7.14. The molecule has 1 aromatic rings. The van der Waals surface area contributed by atoms with Crippen LogP contribution >= 0.6 is 0 Å². The molecular formula is C18H29N3O. The fraction of sp³-hybridized carbons (Fsp3) is 0.611. The van der Waals surface area contributed by atoms with Crippen LogP contribution in [0, 0.1) is 5.41 Å². The molecule has 0 saturated carbocycles. The van der Waals surface area contributed by atoms with E-state index in [0.717, 1.165) is 51.3 Å². The summed E-state index contributed by atoms with van der Waals surface area (Å²) < 4.78 is 0. The molecule has 4 heteroatoms. The molecule has 2 rings (SSSR count). The molecule has 2 N–H and O–H groups in total. The number of carbonyl (C=O) groups is 1. The highest BCUT2D eigenvalue weighted by atomic mass is 16.2. The Labute approximate surface area is 134 Å². The van der Waals surface area contributed by atoms with Gasteiger partial charge in [-0.15, -0.1) is 0 Å². The van der Waals surface area contributed by atoms with E-state index in [-0.39, 0.29) is 11.3 Å². The first-order valence-electron chi connectivity index (χ1n) is 8.22. The summed E-state index contributed by atoms with van der Waals surface area (Å²) in [4.78, 5) is 16.7. The summed E-state index contributed by atoms with van der Waals surface area (Å²) in [5, 5.41) is 0. The molecule has 0 atom stereocenters. The van der Waals surface area contributed by atoms with Crippen LogP contribution in [0.4, 0.5) is 5.69 Å². The van der Waals surface area contributed by atoms with Gasteiger partial charge in [0.2, 0.25) is 5.91 Å². The number of aryl methyl sites for hydroxylation is 1. The molecule has 1 aliphatic heterocycles. The van der Waals surface area contributed by atoms with Crippen molar-refractivity contribution in [1.82, 2.24) is 9.80 Å². The monoisotopic (exact) mass is 303 g/mol. The Morgan fingerprint density at radius 2 is 1.68 bits per heavy atom. The predicted molar refractivity (Wildman–Crippen MR) is 91.7 cm³/mol. The number of anilines is 1. The number of nitrogens with two attached hydrogens (primary N) is 1. The lowest BCUT2D eigenvalue weighted by Crippen LogP contribution is -2.51. The molecule has 1 amide bonds. The van der Waals surface area contributed by atoms with Crippen LogP contribution in [0.25, 0.3) is 0 Å². The summed E-state index contributed by atoms with van der Waals surface area (Å²) in [6.45, 7) is 10.8. The summed E-state index contributed by atoms with van der Waals surface area (Å²) in [5.74, 6) is 0.272. The summed E-state index contributed by atoms with van der Waals surface area (Å²) in [6.07, 6.45) is 2.23. The minimum atomic E-state index is -0.267. The van der Waals surface area contributed by atoms with Crippen molar-refractivity contribution >= 4 is 11.6 Å². The lowest BCUT2D eigenvalue weighted by Gasteiger charge is -2.37. The highest BCUT2D eigenvalue weighted by molar-refractivity contribution is 5.81. The third kappa shape index (κ3) is 4.73. The summed E-state index contributed by atoms with van der Waals surface area (Å²) >= 11 is 0. The molecule has 122 valence electrons. The normalized spacial score (nSPS) is 16.8. The third-order valence-electron chi connectivity index (χ3n) is 4.22. The van der Waals surface area contributed by atoms with Crippen LogP contribution in [0.1, 0.15) is 32.8 Å². The number of piperazine rings is 1. The number of amides is 1. The zero-order valence-electron chi connectivity index (χ0n) is 14.1. The van der Waals surface area contributed by atoms with Gasteiger partial charge in [0, 0.05) is 37.3 Å². The van der Waals surface area contributed by atoms with E-state index in [2.05, 4.69) is 17.0 Å². The van der Waals surface area contributed by atoms with Gasteiger partial charge in [-0.25, -0.2) is 0 Å². The first kappa shape index (κ1) is 16.8. The van der Waals surface area contributed by atoms with Crippen LogP contribution in [0.2, 0.25) is 0 Å². The van der Waals surface area contributed by atoms with Gasteiger partial charge in [-0.1, -0.05) is 32.9 Å². The van der Waals surface area contributed by atoms with Crippen LogP contribution in [-0.4, -0.2) is 48.4 Å². The molecule has 0 aromatic heterocycles. The van der Waals surface area contributed by atoms with Crippen molar-refractivity contribution in [1.29, 1.82) is 0 Å². The molecule has 22 heavy (non-hydrogen) atoms. The van der Waals surface area contributed by atoms with E-state index in [1.54, 1.807) is 0 Å². The number of hydrogen-bond donors (Lipinski definition) is 1. The van der Waals surface area contributed by atoms with Crippen LogP contribution in [-0.2, 0) is 11.2 Å². The lowest BCUT2D eigenvalue weighted by molar-refractivity contribution is -0.141. The molecule has 1 aliphatic rings. The highest BCUT2D eigenvalue weighted by Crippen LogP contribution is 2.18. The molecule has 1 fully saturated rings. The van der Waals surface area contributed by atoms with Crippen molar-refractivity contribution in [3.63, 3.8) is 0 Å². The zero-order valence-corrected chi connectivity index (χ0v) is 14.1. The molecule has 0 spiro atoms. The van der Waals surface area contributed by atoms with Gasteiger partial charge >= 0.3 is 0 Å². The maximum absolute atomic E-state index is 12.3. The van der Waals surface area contributed by atoms with Crippen LogP contribution in [0.3, 0.4) is 0 Å². The largest absolute Gasteiger partial charge is 0.399 e. The molecule has 0 radical (unpaired) electrons. The summed E-state index contributed by atoms with van der Waals surface area (Å²) in [6, 6.07) is 8.14. The molecule has 0 aliphatic carbocycles. The van der Waals surface area contributed by atoms with Crippen molar-refractivity contribution in [3.05, 3.63) is 29.8 Å². The highest BCUT2D eigenvalue weighted by Gasteiger charge is 2.29. The van der Waals surface area contributed by atoms with Crippen molar-refractivity contribution in [2.24, 2.45) is 5.41 Å². The number of rotatable bonds is 4. The number of benzene rings is 1. The van der Waals surface area contributed by atoms with Crippen LogP contribution in [0.15, 0.2) is 24.3 Å². The van der Waals surface area contributed by atoms with E-state index in [4.69, 9.17) is 5.73 Å². The first-order chi connectivity index (χ1) is 10.4. The second-order valence-electron chi connectivity index (χ2n) is 7.23. The maximum atomic E-state index is 12.3. The van der Waals surface area contributed by atoms with E-state index in [1.807, 2.05) is 37.8 Å². The van der Waals surface area contributed by atoms with E-state index in [0.29, 0.717) is 0 Å². The number of carbonyl (C=O) groups excluding carboxylic acids is 1. The van der Waals surface area contributed by atoms with Crippen molar-refractivity contribution < 1.29 is 4.79 Å². The topological polar surface area (TPSA) is 49.6 Å². The maximum Gasteiger partial charge on any atom is 0.228 e. The van der Waals surface area contributed by atoms with Gasteiger partial charge < -0.3 is 10.6 Å². The second-order valence-corrected chi connectivity index (χ2v) is 7.23. The SMILES string of the molecule is CC(C)(C)C(=O)N1CCN(CCCc2ccc(N)cc2)CC1. The number of nitrogens with zero attached hydrogens (tertiary/aromatic N) is 2. The Morgan fingerprint density at radius 1 is 1.09 bits per heavy atom. The molecule has 1 aromatic carbocycles. The Morgan fingerprint density at radius 3 is 2.23 bits per heavy atom. The number of hydrogen-bond acceptors (Lipinski definition) is 3. The Balaban J connectivity index is 1.69. The van der Waals surface area contributed by atoms with Crippen molar-refractivity contribution in [2.45, 2.75) is 33.6 Å². The van der Waals surface area contributed by atoms with Gasteiger partial charge in [-0.2, -0.15) is 0 Å². The van der Waals surface area contributed by atoms with Crippen molar-refractivity contribution in [2.75, 3.05) is 38.5 Å². The van der Waals surface area contributed by atoms with Gasteiger partial charge in [0.25, 0.3) is 0 Å². The van der Waals surface area contributed by atoms with Gasteiger partial charge in [-0.3, -0.25) is 9.69 Å². The molecule has 0 unspecified atom stereocenters. The van der Waals surface area contributed by atoms with Gasteiger partial charge in [0.05, 0.1) is 0 Å². The molecular weight excluding hydrogens is 274 g/mol. The van der Waals surface area contributed by atoms with E-state index in [9.17, 15) is 4.79 Å². The number of nitrogen functional groups attached to an aromatic ring is 1. The van der Waals surface area contributed by atoms with Crippen LogP contribution in [0.5, 0.6) is 0 Å². The molecule has 0 bridgehead atoms. The quantitative estimate of drug-likeness (QED) is 0.869. The first-order valence-corrected chi connectivity index (χ1v) is 8.22. The Hall–Kier alpha value is -1.55. The van der Waals surface area contributed by atoms with E-state index >= 15 is 0 Å². The smallest absolute Gasteiger partial charge is 0.228 e. The van der Waals surface area contributed by atoms with Gasteiger partial charge in [0.15, 0.2) is 0 Å². The van der Waals surface area contributed by atoms with E-state index in [1.165, 1.54) is 5.56 Å². The average molecular weight is 303 g/mol.